The molecule has 1 heterocycles. The molecule has 1 aromatic heterocycles. The number of nitrogens with one attached hydrogen (secondary N) is 1. The number of anilines is 1. The number of benzene rings is 1. The van der Waals surface area contributed by atoms with Gasteiger partial charge in [0.2, 0.25) is 0 Å². The average molecular weight is 318 g/mol. The smallest absolute Gasteiger partial charge is 0.149 e. The van der Waals surface area contributed by atoms with Crippen LogP contribution in [0.5, 0.6) is 5.75 Å². The van der Waals surface area contributed by atoms with Crippen LogP contribution >= 0.6 is 11.6 Å². The summed E-state index contributed by atoms with van der Waals surface area (Å²) in [5, 5.41) is 3.85. The third-order valence-electron chi connectivity index (χ3n) is 3.67. The monoisotopic (exact) mass is 317 g/mol. The first kappa shape index (κ1) is 15.1. The molecule has 1 saturated carbocycles. The number of halogens is 1. The van der Waals surface area contributed by atoms with Gasteiger partial charge in [-0.25, -0.2) is 9.97 Å². The van der Waals surface area contributed by atoms with Gasteiger partial charge in [0, 0.05) is 6.54 Å². The molecule has 0 radical (unpaired) electrons. The number of hydrogen-bond acceptors (Lipinski definition) is 4. The Bertz CT molecular complexity index is 671. The lowest BCUT2D eigenvalue weighted by atomic mass is 10.2. The van der Waals surface area contributed by atoms with Gasteiger partial charge in [0.05, 0.1) is 12.3 Å². The van der Waals surface area contributed by atoms with Crippen molar-refractivity contribution in [3.05, 3.63) is 46.4 Å². The molecule has 1 N–H and O–H groups in total. The molecule has 1 aromatic carbocycles. The zero-order valence-corrected chi connectivity index (χ0v) is 13.7. The van der Waals surface area contributed by atoms with Gasteiger partial charge in [-0.3, -0.25) is 0 Å². The van der Waals surface area contributed by atoms with Crippen LogP contribution < -0.4 is 10.1 Å². The fraction of sp³-hybridized carbons (Fsp3) is 0.412. The Morgan fingerprint density at radius 3 is 2.86 bits per heavy atom. The third-order valence-corrected chi connectivity index (χ3v) is 4.12. The number of aromatic nitrogens is 2. The minimum Gasteiger partial charge on any atom is -0.493 e. The highest BCUT2D eigenvalue weighted by Gasteiger charge is 2.21. The Labute approximate surface area is 135 Å². The molecule has 3 rings (SSSR count). The van der Waals surface area contributed by atoms with Crippen molar-refractivity contribution < 1.29 is 4.74 Å². The second-order valence-electron chi connectivity index (χ2n) is 5.77. The summed E-state index contributed by atoms with van der Waals surface area (Å²) >= 11 is 6.24. The molecule has 2 aromatic rings. The van der Waals surface area contributed by atoms with Crippen molar-refractivity contribution in [1.29, 1.82) is 0 Å². The zero-order chi connectivity index (χ0) is 15.5. The van der Waals surface area contributed by atoms with Crippen LogP contribution in [0, 0.1) is 19.8 Å². The highest BCUT2D eigenvalue weighted by molar-refractivity contribution is 6.33. The first-order chi connectivity index (χ1) is 10.6. The summed E-state index contributed by atoms with van der Waals surface area (Å²) in [7, 11) is 0. The van der Waals surface area contributed by atoms with Crippen LogP contribution in [0.1, 0.15) is 29.9 Å². The first-order valence-corrected chi connectivity index (χ1v) is 7.96. The Morgan fingerprint density at radius 2 is 2.09 bits per heavy atom. The van der Waals surface area contributed by atoms with Crippen molar-refractivity contribution in [3.8, 4) is 5.75 Å². The van der Waals surface area contributed by atoms with E-state index in [-0.39, 0.29) is 0 Å². The lowest BCUT2D eigenvalue weighted by Gasteiger charge is -2.11. The van der Waals surface area contributed by atoms with Crippen LogP contribution in [0.15, 0.2) is 24.3 Å². The highest BCUT2D eigenvalue weighted by atomic mass is 35.5. The van der Waals surface area contributed by atoms with E-state index in [0.717, 1.165) is 29.5 Å². The summed E-state index contributed by atoms with van der Waals surface area (Å²) in [5.74, 6) is 3.07. The van der Waals surface area contributed by atoms with Gasteiger partial charge in [-0.1, -0.05) is 23.7 Å². The molecule has 22 heavy (non-hydrogen) atoms. The number of aryl methyl sites for hydroxylation is 2. The second-order valence-corrected chi connectivity index (χ2v) is 6.15. The second kappa shape index (κ2) is 6.53. The van der Waals surface area contributed by atoms with E-state index in [1.54, 1.807) is 0 Å². The molecule has 0 spiro atoms. The van der Waals surface area contributed by atoms with Crippen molar-refractivity contribution in [2.75, 3.05) is 11.9 Å². The molecule has 0 saturated heterocycles. The maximum Gasteiger partial charge on any atom is 0.149 e. The molecule has 1 aliphatic carbocycles. The van der Waals surface area contributed by atoms with Crippen LogP contribution in [-0.4, -0.2) is 16.6 Å². The van der Waals surface area contributed by atoms with Gasteiger partial charge in [-0.15, -0.1) is 0 Å². The molecule has 0 bridgehead atoms. The summed E-state index contributed by atoms with van der Waals surface area (Å²) < 4.78 is 5.81. The molecule has 4 nitrogen and oxygen atoms in total. The minimum absolute atomic E-state index is 0.576. The topological polar surface area (TPSA) is 47.0 Å². The molecule has 0 amide bonds. The van der Waals surface area contributed by atoms with Crippen molar-refractivity contribution in [2.45, 2.75) is 33.2 Å². The standard InChI is InChI=1S/C17H20ClN3O/c1-11-16(18)17(21-12(2)20-11)19-9-14-4-3-5-15(8-14)22-10-13-6-7-13/h3-5,8,13H,6-7,9-10H2,1-2H3,(H,19,20,21). The molecule has 116 valence electrons. The summed E-state index contributed by atoms with van der Waals surface area (Å²) in [6.07, 6.45) is 2.60. The predicted octanol–water partition coefficient (Wildman–Crippen LogP) is 4.15. The van der Waals surface area contributed by atoms with Crippen LogP contribution in [0.4, 0.5) is 5.82 Å². The fourth-order valence-corrected chi connectivity index (χ4v) is 2.40. The normalized spacial score (nSPS) is 14.0. The Morgan fingerprint density at radius 1 is 1.27 bits per heavy atom. The minimum atomic E-state index is 0.576. The summed E-state index contributed by atoms with van der Waals surface area (Å²) in [4.78, 5) is 8.60. The quantitative estimate of drug-likeness (QED) is 0.869. The number of hydrogen-bond donors (Lipinski definition) is 1. The highest BCUT2D eigenvalue weighted by Crippen LogP contribution is 2.29. The lowest BCUT2D eigenvalue weighted by Crippen LogP contribution is -2.06. The molecule has 0 unspecified atom stereocenters. The largest absolute Gasteiger partial charge is 0.493 e. The Kier molecular flexibility index (Phi) is 4.48. The van der Waals surface area contributed by atoms with E-state index in [0.29, 0.717) is 23.2 Å². The van der Waals surface area contributed by atoms with Crippen LogP contribution in [0.25, 0.3) is 0 Å². The van der Waals surface area contributed by atoms with E-state index in [1.165, 1.54) is 12.8 Å². The number of ether oxygens (including phenoxy) is 1. The summed E-state index contributed by atoms with van der Waals surface area (Å²) in [6.45, 7) is 5.22. The Hall–Kier alpha value is -1.81. The SMILES string of the molecule is Cc1nc(C)c(Cl)c(NCc2cccc(OCC3CC3)c2)n1. The third kappa shape index (κ3) is 3.89. The van der Waals surface area contributed by atoms with Gasteiger partial charge in [0.25, 0.3) is 0 Å². The molecule has 5 heteroatoms. The van der Waals surface area contributed by atoms with Gasteiger partial charge in [-0.05, 0) is 50.3 Å². The number of rotatable bonds is 6. The van der Waals surface area contributed by atoms with E-state index in [1.807, 2.05) is 26.0 Å². The molecule has 1 aliphatic rings. The van der Waals surface area contributed by atoms with Gasteiger partial charge < -0.3 is 10.1 Å². The van der Waals surface area contributed by atoms with Crippen LogP contribution in [-0.2, 0) is 6.54 Å². The molecular weight excluding hydrogens is 298 g/mol. The maximum absolute atomic E-state index is 6.24. The summed E-state index contributed by atoms with van der Waals surface area (Å²) in [5.41, 5.74) is 1.93. The van der Waals surface area contributed by atoms with Gasteiger partial charge in [0.1, 0.15) is 22.4 Å². The van der Waals surface area contributed by atoms with Crippen LogP contribution in [0.3, 0.4) is 0 Å². The number of nitrogens with zero attached hydrogens (tertiary/aromatic N) is 2. The maximum atomic E-state index is 6.24. The molecule has 1 fully saturated rings. The van der Waals surface area contributed by atoms with Crippen molar-refractivity contribution in [2.24, 2.45) is 5.92 Å². The van der Waals surface area contributed by atoms with Gasteiger partial charge >= 0.3 is 0 Å². The van der Waals surface area contributed by atoms with Crippen LogP contribution in [0.2, 0.25) is 5.02 Å². The van der Waals surface area contributed by atoms with E-state index in [9.17, 15) is 0 Å². The zero-order valence-electron chi connectivity index (χ0n) is 12.9. The van der Waals surface area contributed by atoms with Gasteiger partial charge in [0.15, 0.2) is 0 Å². The van der Waals surface area contributed by atoms with E-state index in [4.69, 9.17) is 16.3 Å². The molecule has 0 aliphatic heterocycles. The fourth-order valence-electron chi connectivity index (χ4n) is 2.25. The first-order valence-electron chi connectivity index (χ1n) is 7.58. The van der Waals surface area contributed by atoms with E-state index >= 15 is 0 Å². The predicted molar refractivity (Wildman–Crippen MR) is 88.5 cm³/mol. The lowest BCUT2D eigenvalue weighted by molar-refractivity contribution is 0.299. The van der Waals surface area contributed by atoms with Gasteiger partial charge in [-0.2, -0.15) is 0 Å². The average Bonchev–Trinajstić information content (AvgIpc) is 3.32. The van der Waals surface area contributed by atoms with E-state index in [2.05, 4.69) is 27.4 Å². The summed E-state index contributed by atoms with van der Waals surface area (Å²) in [6, 6.07) is 8.13. The molecule has 0 atom stereocenters. The van der Waals surface area contributed by atoms with Crippen molar-refractivity contribution in [1.82, 2.24) is 9.97 Å². The van der Waals surface area contributed by atoms with Crippen molar-refractivity contribution >= 4 is 17.4 Å². The van der Waals surface area contributed by atoms with Crippen molar-refractivity contribution in [3.63, 3.8) is 0 Å². The van der Waals surface area contributed by atoms with E-state index < -0.39 is 0 Å². The Balaban J connectivity index is 1.64. The molecular formula is C17H20ClN3O.